The first-order valence-corrected chi connectivity index (χ1v) is 37.1. The van der Waals surface area contributed by atoms with Crippen molar-refractivity contribution in [2.45, 2.75) is 291 Å². The molecule has 5 aliphatic carbocycles. The van der Waals surface area contributed by atoms with Crippen LogP contribution in [0.1, 0.15) is 278 Å². The summed E-state index contributed by atoms with van der Waals surface area (Å²) in [6.07, 6.45) is 53.3. The van der Waals surface area contributed by atoms with Crippen molar-refractivity contribution >= 4 is 23.9 Å². The van der Waals surface area contributed by atoms with Crippen LogP contribution in [0.5, 0.6) is 0 Å². The van der Waals surface area contributed by atoms with E-state index in [9.17, 15) is 24.3 Å². The molecule has 14 heteroatoms. The molecule has 3 saturated carbocycles. The quantitative estimate of drug-likeness (QED) is 0.0193. The number of hydrogen-bond acceptors (Lipinski definition) is 12. The molecule has 0 aliphatic heterocycles. The van der Waals surface area contributed by atoms with Crippen molar-refractivity contribution in [3.8, 4) is 0 Å². The molecule has 7 atom stereocenters. The largest absolute Gasteiger partial charge is 0.502 e. The second-order valence-corrected chi connectivity index (χ2v) is 27.7. The van der Waals surface area contributed by atoms with Crippen molar-refractivity contribution in [3.05, 3.63) is 75.2 Å². The first-order valence-electron chi connectivity index (χ1n) is 37.1. The molecule has 0 heterocycles. The Morgan fingerprint density at radius 2 is 0.902 bits per heavy atom. The number of unbranched alkanes of at least 4 members (excludes halogenated alkanes) is 14. The van der Waals surface area contributed by atoms with Gasteiger partial charge in [-0.15, -0.1) is 0 Å². The average molecular weight is 1290 g/mol. The standard InChI is InChI=1S/C45H76O8.C21H36O4.C12H20O2/c1-6-9-10-14-17-37-28-29-42(43(30-37)45(47)53-36(5)51-34-41-26-22-39(23-27-41)32-49-8-3)18-15-12-11-13-16-19-44(46)52-35(4)50-33-40-24-20-38(21-25-40)31-48-7-2;1-2-3-4-8-11-17-14-15-18(19(16-17)21(24)25)12-9-6-5-7-10-13-20(22)23;1-3-13-9-11-5-7-12(8-6-11)10-14-4-2/h7-8,28-29,35-43H,2-3,6,9-27,30-34H2,1,4-5H3;14,18-19H,2-13,15-16H2,1H3,(H,22,23)(H,24,25);3-4,11-12H,1-2,5-10H2. The van der Waals surface area contributed by atoms with E-state index in [1.54, 1.807) is 0 Å². The predicted molar refractivity (Wildman–Crippen MR) is 370 cm³/mol. The lowest BCUT2D eigenvalue weighted by Gasteiger charge is -2.32. The zero-order valence-corrected chi connectivity index (χ0v) is 58.5. The summed E-state index contributed by atoms with van der Waals surface area (Å²) < 4.78 is 44.6. The molecule has 0 amide bonds. The van der Waals surface area contributed by atoms with Crippen LogP contribution in [0, 0.1) is 65.1 Å². The van der Waals surface area contributed by atoms with E-state index in [-0.39, 0.29) is 42.0 Å². The number of allylic oxidation sites excluding steroid dienone is 4. The molecule has 528 valence electrons. The van der Waals surface area contributed by atoms with Gasteiger partial charge in [0.1, 0.15) is 0 Å². The zero-order chi connectivity index (χ0) is 66.8. The van der Waals surface area contributed by atoms with E-state index in [0.29, 0.717) is 61.1 Å². The van der Waals surface area contributed by atoms with E-state index in [0.717, 1.165) is 187 Å². The maximum absolute atomic E-state index is 13.6. The van der Waals surface area contributed by atoms with Crippen molar-refractivity contribution in [2.24, 2.45) is 65.1 Å². The smallest absolute Gasteiger partial charge is 0.311 e. The summed E-state index contributed by atoms with van der Waals surface area (Å²) in [5.41, 5.74) is 1.36. The third kappa shape index (κ3) is 38.7. The molecule has 0 aromatic rings. The normalized spacial score (nSPS) is 25.1. The molecule has 0 aromatic carbocycles. The second kappa shape index (κ2) is 52.7. The Labute approximate surface area is 559 Å². The Morgan fingerprint density at radius 1 is 0.489 bits per heavy atom. The van der Waals surface area contributed by atoms with E-state index >= 15 is 0 Å². The highest BCUT2D eigenvalue weighted by atomic mass is 16.7. The highest BCUT2D eigenvalue weighted by Gasteiger charge is 2.35. The summed E-state index contributed by atoms with van der Waals surface area (Å²) in [5.74, 6) is 2.61. The minimum atomic E-state index is -0.719. The number of ether oxygens (including phenoxy) is 8. The van der Waals surface area contributed by atoms with Gasteiger partial charge in [-0.3, -0.25) is 19.2 Å². The van der Waals surface area contributed by atoms with Crippen LogP contribution >= 0.6 is 0 Å². The number of carbonyl (C=O) groups is 4. The van der Waals surface area contributed by atoms with Gasteiger partial charge in [0.2, 0.25) is 0 Å². The number of esters is 2. The summed E-state index contributed by atoms with van der Waals surface area (Å²) in [6, 6.07) is 0. The highest BCUT2D eigenvalue weighted by Crippen LogP contribution is 2.38. The van der Waals surface area contributed by atoms with Crippen LogP contribution in [0.15, 0.2) is 75.2 Å². The molecular weight excluding hydrogens is 1160 g/mol. The molecule has 0 saturated heterocycles. The fourth-order valence-corrected chi connectivity index (χ4v) is 14.2. The van der Waals surface area contributed by atoms with Crippen molar-refractivity contribution in [1.82, 2.24) is 0 Å². The second-order valence-electron chi connectivity index (χ2n) is 27.7. The third-order valence-electron chi connectivity index (χ3n) is 20.2. The molecule has 5 aliphatic rings. The number of aliphatic carboxylic acids is 2. The summed E-state index contributed by atoms with van der Waals surface area (Å²) in [4.78, 5) is 48.1. The van der Waals surface area contributed by atoms with E-state index in [4.69, 9.17) is 43.0 Å². The molecule has 3 fully saturated rings. The molecule has 14 nitrogen and oxygen atoms in total. The predicted octanol–water partition coefficient (Wildman–Crippen LogP) is 20.2. The van der Waals surface area contributed by atoms with Gasteiger partial charge in [0.25, 0.3) is 0 Å². The lowest BCUT2D eigenvalue weighted by Crippen LogP contribution is -2.33. The van der Waals surface area contributed by atoms with Crippen molar-refractivity contribution in [2.75, 3.05) is 39.6 Å². The van der Waals surface area contributed by atoms with Crippen LogP contribution in [-0.4, -0.2) is 86.3 Å². The van der Waals surface area contributed by atoms with Gasteiger partial charge in [0.15, 0.2) is 12.6 Å². The Bertz CT molecular complexity index is 1990. The number of rotatable bonds is 48. The van der Waals surface area contributed by atoms with E-state index in [1.807, 2.05) is 13.8 Å². The minimum absolute atomic E-state index is 0.103. The molecular formula is C78H132O14. The SMILES string of the molecule is C=COCC1CCC(COC(C)OC(=O)CCCCCCCC2C=CC(CCCCCC)CC2C(=O)OC(C)OCC2CCC(COC=C)CC2)CC1.C=COCC1CCC(COC=C)CC1.CCCCCCC1=CCC(CCCCCCCC(=O)O)C(C(=O)O)C1. The van der Waals surface area contributed by atoms with Crippen molar-refractivity contribution < 1.29 is 67.3 Å². The van der Waals surface area contributed by atoms with Crippen LogP contribution in [0.2, 0.25) is 0 Å². The lowest BCUT2D eigenvalue weighted by atomic mass is 9.75. The Balaban J connectivity index is 0.000000461. The molecule has 0 aromatic heterocycles. The number of hydrogen-bond donors (Lipinski definition) is 2. The fraction of sp³-hybridized carbons (Fsp3) is 0.795. The van der Waals surface area contributed by atoms with Gasteiger partial charge in [-0.1, -0.05) is 160 Å². The van der Waals surface area contributed by atoms with Crippen LogP contribution < -0.4 is 0 Å². The van der Waals surface area contributed by atoms with Gasteiger partial charge in [0.05, 0.1) is 76.5 Å². The minimum Gasteiger partial charge on any atom is -0.502 e. The maximum atomic E-state index is 13.6. The Morgan fingerprint density at radius 3 is 1.37 bits per heavy atom. The first kappa shape index (κ1) is 81.7. The lowest BCUT2D eigenvalue weighted by molar-refractivity contribution is -0.184. The molecule has 92 heavy (non-hydrogen) atoms. The maximum Gasteiger partial charge on any atom is 0.311 e. The summed E-state index contributed by atoms with van der Waals surface area (Å²) in [6.45, 7) is 26.9. The van der Waals surface area contributed by atoms with Crippen molar-refractivity contribution in [3.63, 3.8) is 0 Å². The third-order valence-corrected chi connectivity index (χ3v) is 20.2. The highest BCUT2D eigenvalue weighted by molar-refractivity contribution is 5.73. The number of carboxylic acid groups (broad SMARTS) is 2. The van der Waals surface area contributed by atoms with Gasteiger partial charge >= 0.3 is 23.9 Å². The summed E-state index contributed by atoms with van der Waals surface area (Å²) in [7, 11) is 0. The Hall–Kier alpha value is -4.56. The molecule has 2 N–H and O–H groups in total. The van der Waals surface area contributed by atoms with Crippen LogP contribution in [0.25, 0.3) is 0 Å². The van der Waals surface area contributed by atoms with Crippen molar-refractivity contribution in [1.29, 1.82) is 0 Å². The topological polar surface area (TPSA) is 183 Å². The van der Waals surface area contributed by atoms with Gasteiger partial charge in [-0.05, 0) is 208 Å². The zero-order valence-electron chi connectivity index (χ0n) is 58.5. The van der Waals surface area contributed by atoms with Crippen LogP contribution in [-0.2, 0) is 57.1 Å². The molecule has 5 rings (SSSR count). The molecule has 0 spiro atoms. The van der Waals surface area contributed by atoms with E-state index in [2.05, 4.69) is 58.4 Å². The molecule has 7 unspecified atom stereocenters. The number of carbonyl (C=O) groups excluding carboxylic acids is 2. The van der Waals surface area contributed by atoms with Gasteiger partial charge in [-0.25, -0.2) is 0 Å². The monoisotopic (exact) mass is 1290 g/mol. The Kier molecular flexibility index (Phi) is 46.8. The van der Waals surface area contributed by atoms with E-state index in [1.165, 1.54) is 108 Å². The van der Waals surface area contributed by atoms with Crippen LogP contribution in [0.3, 0.4) is 0 Å². The average Bonchev–Trinajstić information content (AvgIpc) is 1.72. The molecule has 0 radical (unpaired) electrons. The van der Waals surface area contributed by atoms with Gasteiger partial charge in [-0.2, -0.15) is 0 Å². The summed E-state index contributed by atoms with van der Waals surface area (Å²) >= 11 is 0. The number of carboxylic acids is 2. The van der Waals surface area contributed by atoms with Gasteiger partial charge < -0.3 is 48.1 Å². The van der Waals surface area contributed by atoms with E-state index < -0.39 is 24.5 Å². The fourth-order valence-electron chi connectivity index (χ4n) is 14.2. The first-order chi connectivity index (χ1) is 44.7. The summed E-state index contributed by atoms with van der Waals surface area (Å²) in [5, 5.41) is 18.2. The molecule has 0 bridgehead atoms. The van der Waals surface area contributed by atoms with Crippen LogP contribution in [0.4, 0.5) is 0 Å². The van der Waals surface area contributed by atoms with Gasteiger partial charge in [0, 0.05) is 12.8 Å².